The highest BCUT2D eigenvalue weighted by molar-refractivity contribution is 9.10. The number of carboxylic acids is 1. The minimum atomic E-state index is -1.30. The van der Waals surface area contributed by atoms with E-state index in [9.17, 15) is 24.8 Å². The number of aliphatic carboxylic acids is 1. The summed E-state index contributed by atoms with van der Waals surface area (Å²) >= 11 is 3.23. The van der Waals surface area contributed by atoms with Crippen LogP contribution >= 0.6 is 15.9 Å². The van der Waals surface area contributed by atoms with Gasteiger partial charge in [-0.25, -0.2) is 4.79 Å². The molecule has 0 aliphatic carbocycles. The summed E-state index contributed by atoms with van der Waals surface area (Å²) in [4.78, 5) is 34.4. The Morgan fingerprint density at radius 2 is 1.68 bits per heavy atom. The molecule has 0 bridgehead atoms. The van der Waals surface area contributed by atoms with Gasteiger partial charge in [0.2, 0.25) is 5.75 Å². The Labute approximate surface area is 185 Å². The van der Waals surface area contributed by atoms with Crippen molar-refractivity contribution in [2.24, 2.45) is 0 Å². The van der Waals surface area contributed by atoms with E-state index in [0.717, 1.165) is 0 Å². The van der Waals surface area contributed by atoms with Crippen molar-refractivity contribution in [3.05, 3.63) is 104 Å². The van der Waals surface area contributed by atoms with Gasteiger partial charge < -0.3 is 15.2 Å². The number of nitrogens with zero attached hydrogens (tertiary/aromatic N) is 1. The highest BCUT2D eigenvalue weighted by atomic mass is 79.9. The molecular weight excluding hydrogens is 468 g/mol. The molecule has 0 saturated carbocycles. The molecule has 0 heterocycles. The minimum Gasteiger partial charge on any atom is -0.477 e. The minimum absolute atomic E-state index is 0.0529. The van der Waals surface area contributed by atoms with Gasteiger partial charge in [-0.1, -0.05) is 36.4 Å². The van der Waals surface area contributed by atoms with Crippen molar-refractivity contribution in [1.82, 2.24) is 5.32 Å². The maximum absolute atomic E-state index is 12.2. The van der Waals surface area contributed by atoms with E-state index in [0.29, 0.717) is 21.3 Å². The number of rotatable bonds is 7. The Hall–Kier alpha value is -3.98. The van der Waals surface area contributed by atoms with Crippen LogP contribution in [-0.4, -0.2) is 21.9 Å². The van der Waals surface area contributed by atoms with E-state index in [-0.39, 0.29) is 17.1 Å². The van der Waals surface area contributed by atoms with Crippen LogP contribution in [0.2, 0.25) is 0 Å². The fraction of sp³-hybridized carbons (Fsp3) is 0. The first kappa shape index (κ1) is 21.7. The Bertz CT molecular complexity index is 1160. The van der Waals surface area contributed by atoms with Gasteiger partial charge in [0, 0.05) is 11.6 Å². The average molecular weight is 483 g/mol. The number of carboxylic acid groups (broad SMARTS) is 1. The number of nitro groups is 1. The maximum atomic E-state index is 12.2. The Morgan fingerprint density at radius 3 is 2.29 bits per heavy atom. The number of carbonyl (C=O) groups is 2. The summed E-state index contributed by atoms with van der Waals surface area (Å²) < 4.78 is 6.06. The third kappa shape index (κ3) is 5.55. The molecule has 0 aliphatic heterocycles. The Balaban J connectivity index is 1.80. The smallest absolute Gasteiger partial charge is 0.352 e. The predicted molar refractivity (Wildman–Crippen MR) is 117 cm³/mol. The number of hydrogen-bond acceptors (Lipinski definition) is 5. The van der Waals surface area contributed by atoms with Gasteiger partial charge in [-0.2, -0.15) is 0 Å². The van der Waals surface area contributed by atoms with Crippen molar-refractivity contribution in [2.75, 3.05) is 0 Å². The van der Waals surface area contributed by atoms with Crippen molar-refractivity contribution in [2.45, 2.75) is 0 Å². The van der Waals surface area contributed by atoms with Crippen LogP contribution in [0.1, 0.15) is 15.9 Å². The fourth-order valence-electron chi connectivity index (χ4n) is 2.59. The molecule has 0 radical (unpaired) electrons. The van der Waals surface area contributed by atoms with Gasteiger partial charge in [0.15, 0.2) is 0 Å². The molecule has 0 spiro atoms. The monoisotopic (exact) mass is 482 g/mol. The summed E-state index contributed by atoms with van der Waals surface area (Å²) in [5, 5.41) is 23.0. The van der Waals surface area contributed by atoms with E-state index in [1.807, 2.05) is 0 Å². The molecule has 3 aromatic rings. The molecule has 2 N–H and O–H groups in total. The summed E-state index contributed by atoms with van der Waals surface area (Å²) in [6.45, 7) is 0. The molecule has 0 atom stereocenters. The van der Waals surface area contributed by atoms with Gasteiger partial charge in [0.05, 0.1) is 9.40 Å². The third-order valence-electron chi connectivity index (χ3n) is 4.07. The summed E-state index contributed by atoms with van der Waals surface area (Å²) in [5.41, 5.74) is 0.312. The van der Waals surface area contributed by atoms with E-state index in [4.69, 9.17) is 4.74 Å². The van der Waals surface area contributed by atoms with Crippen LogP contribution in [0.3, 0.4) is 0 Å². The Morgan fingerprint density at radius 1 is 1.00 bits per heavy atom. The van der Waals surface area contributed by atoms with Gasteiger partial charge in [-0.15, -0.1) is 0 Å². The molecule has 156 valence electrons. The molecule has 0 aliphatic rings. The van der Waals surface area contributed by atoms with Gasteiger partial charge in [-0.05, 0) is 57.9 Å². The SMILES string of the molecule is O=C(O)C(=Cc1ccc(Oc2c(Br)cccc2[N+](=O)[O-])cc1)NC(=O)c1ccccc1. The number of hydrogen-bond donors (Lipinski definition) is 2. The Kier molecular flexibility index (Phi) is 6.78. The van der Waals surface area contributed by atoms with Gasteiger partial charge in [-0.3, -0.25) is 14.9 Å². The molecule has 3 aromatic carbocycles. The molecule has 0 saturated heterocycles. The van der Waals surface area contributed by atoms with E-state index in [1.54, 1.807) is 48.5 Å². The summed E-state index contributed by atoms with van der Waals surface area (Å²) in [5.74, 6) is -1.47. The van der Waals surface area contributed by atoms with Crippen molar-refractivity contribution >= 4 is 39.6 Å². The van der Waals surface area contributed by atoms with Crippen LogP contribution in [0.15, 0.2) is 83.0 Å². The standard InChI is InChI=1S/C22H15BrN2O6/c23-17-7-4-8-19(25(29)30)20(17)31-16-11-9-14(10-12-16)13-18(22(27)28)24-21(26)15-5-2-1-3-6-15/h1-13H,(H,24,26)(H,27,28). The number of amides is 1. The third-order valence-corrected chi connectivity index (χ3v) is 4.69. The van der Waals surface area contributed by atoms with Crippen molar-refractivity contribution in [3.8, 4) is 11.5 Å². The molecule has 1 amide bonds. The number of halogens is 1. The predicted octanol–water partition coefficient (Wildman–Crippen LogP) is 5.01. The zero-order valence-corrected chi connectivity index (χ0v) is 17.4. The lowest BCUT2D eigenvalue weighted by molar-refractivity contribution is -0.385. The van der Waals surface area contributed by atoms with E-state index in [1.165, 1.54) is 30.3 Å². The molecule has 0 aromatic heterocycles. The average Bonchev–Trinajstić information content (AvgIpc) is 2.76. The number of nitro benzene ring substituents is 1. The molecule has 9 heteroatoms. The van der Waals surface area contributed by atoms with Crippen LogP contribution < -0.4 is 10.1 Å². The summed E-state index contributed by atoms with van der Waals surface area (Å²) in [7, 11) is 0. The van der Waals surface area contributed by atoms with E-state index < -0.39 is 16.8 Å². The van der Waals surface area contributed by atoms with Crippen LogP contribution in [0.5, 0.6) is 11.5 Å². The van der Waals surface area contributed by atoms with E-state index in [2.05, 4.69) is 21.2 Å². The van der Waals surface area contributed by atoms with Crippen molar-refractivity contribution in [1.29, 1.82) is 0 Å². The molecule has 0 unspecified atom stereocenters. The van der Waals surface area contributed by atoms with Crippen LogP contribution in [0, 0.1) is 10.1 Å². The summed E-state index contributed by atoms with van der Waals surface area (Å²) in [6.07, 6.45) is 1.30. The van der Waals surface area contributed by atoms with Crippen LogP contribution in [0.25, 0.3) is 6.08 Å². The zero-order chi connectivity index (χ0) is 22.4. The van der Waals surface area contributed by atoms with Crippen molar-refractivity contribution in [3.63, 3.8) is 0 Å². The molecule has 3 rings (SSSR count). The normalized spacial score (nSPS) is 10.9. The first-order chi connectivity index (χ1) is 14.8. The van der Waals surface area contributed by atoms with E-state index >= 15 is 0 Å². The second-order valence-corrected chi connectivity index (χ2v) is 7.05. The number of nitrogens with one attached hydrogen (secondary N) is 1. The maximum Gasteiger partial charge on any atom is 0.352 e. The highest BCUT2D eigenvalue weighted by Gasteiger charge is 2.19. The fourth-order valence-corrected chi connectivity index (χ4v) is 3.03. The second-order valence-electron chi connectivity index (χ2n) is 6.20. The van der Waals surface area contributed by atoms with Crippen LogP contribution in [-0.2, 0) is 4.79 Å². The summed E-state index contributed by atoms with van der Waals surface area (Å²) in [6, 6.07) is 18.9. The quantitative estimate of drug-likeness (QED) is 0.277. The lowest BCUT2D eigenvalue weighted by Gasteiger charge is -2.09. The molecular formula is C22H15BrN2O6. The number of para-hydroxylation sites is 1. The van der Waals surface area contributed by atoms with Crippen molar-refractivity contribution < 1.29 is 24.4 Å². The topological polar surface area (TPSA) is 119 Å². The van der Waals surface area contributed by atoms with Gasteiger partial charge in [0.1, 0.15) is 11.4 Å². The van der Waals surface area contributed by atoms with Crippen LogP contribution in [0.4, 0.5) is 5.69 Å². The van der Waals surface area contributed by atoms with Gasteiger partial charge in [0.25, 0.3) is 5.91 Å². The zero-order valence-electron chi connectivity index (χ0n) is 15.8. The largest absolute Gasteiger partial charge is 0.477 e. The number of benzene rings is 3. The van der Waals surface area contributed by atoms with Gasteiger partial charge >= 0.3 is 11.7 Å². The second kappa shape index (κ2) is 9.68. The first-order valence-electron chi connectivity index (χ1n) is 8.87. The lowest BCUT2D eigenvalue weighted by atomic mass is 10.1. The number of ether oxygens (including phenoxy) is 1. The number of carbonyl (C=O) groups excluding carboxylic acids is 1. The lowest BCUT2D eigenvalue weighted by Crippen LogP contribution is -2.27. The first-order valence-corrected chi connectivity index (χ1v) is 9.66. The molecule has 8 nitrogen and oxygen atoms in total. The molecule has 31 heavy (non-hydrogen) atoms. The molecule has 0 fully saturated rings. The highest BCUT2D eigenvalue weighted by Crippen LogP contribution is 2.37.